The van der Waals surface area contributed by atoms with Crippen molar-refractivity contribution in [3.05, 3.63) is 0 Å². The summed E-state index contributed by atoms with van der Waals surface area (Å²) >= 11 is 0. The van der Waals surface area contributed by atoms with Crippen molar-refractivity contribution in [3.8, 4) is 0 Å². The second kappa shape index (κ2) is 7.44. The predicted octanol–water partition coefficient (Wildman–Crippen LogP) is 4.85. The Kier molecular flexibility index (Phi) is 6.50. The van der Waals surface area contributed by atoms with Gasteiger partial charge in [0, 0.05) is 6.42 Å². The lowest BCUT2D eigenvalue weighted by Crippen LogP contribution is -2.58. The van der Waals surface area contributed by atoms with E-state index in [-0.39, 0.29) is 17.0 Å². The van der Waals surface area contributed by atoms with Crippen LogP contribution in [0, 0.1) is 0 Å². The van der Waals surface area contributed by atoms with Crippen LogP contribution in [0.3, 0.4) is 0 Å². The van der Waals surface area contributed by atoms with Crippen LogP contribution in [0.5, 0.6) is 0 Å². The van der Waals surface area contributed by atoms with E-state index in [2.05, 4.69) is 34.6 Å². The molecule has 0 atom stereocenters. The fourth-order valence-electron chi connectivity index (χ4n) is 3.24. The standard InChI is InChI=1S/C17H33NO2/c1-6-7-8-9-10-12-15(19)20-18-16(2,3)13-11-14-17(18,4)5/h6-14H2,1-5H3. The molecule has 1 rings (SSSR count). The highest BCUT2D eigenvalue weighted by Gasteiger charge is 2.44. The average Bonchev–Trinajstić information content (AvgIpc) is 2.33. The van der Waals surface area contributed by atoms with Crippen LogP contribution in [0.15, 0.2) is 0 Å². The van der Waals surface area contributed by atoms with Crippen molar-refractivity contribution in [3.63, 3.8) is 0 Å². The van der Waals surface area contributed by atoms with E-state index in [1.807, 2.05) is 5.06 Å². The first kappa shape index (κ1) is 17.5. The van der Waals surface area contributed by atoms with Crippen molar-refractivity contribution in [1.82, 2.24) is 5.06 Å². The van der Waals surface area contributed by atoms with Gasteiger partial charge in [0.2, 0.25) is 0 Å². The first-order chi connectivity index (χ1) is 9.29. The summed E-state index contributed by atoms with van der Waals surface area (Å²) in [6.07, 6.45) is 9.73. The summed E-state index contributed by atoms with van der Waals surface area (Å²) in [6.45, 7) is 10.9. The van der Waals surface area contributed by atoms with Crippen molar-refractivity contribution in [1.29, 1.82) is 0 Å². The van der Waals surface area contributed by atoms with E-state index in [4.69, 9.17) is 4.84 Å². The number of hydroxylamine groups is 2. The maximum atomic E-state index is 12.1. The van der Waals surface area contributed by atoms with Crippen molar-refractivity contribution in [2.75, 3.05) is 0 Å². The Morgan fingerprint density at radius 1 is 1.00 bits per heavy atom. The van der Waals surface area contributed by atoms with Crippen molar-refractivity contribution in [2.45, 2.75) is 103 Å². The molecule has 0 radical (unpaired) electrons. The van der Waals surface area contributed by atoms with Crippen LogP contribution in [-0.2, 0) is 9.63 Å². The third-order valence-corrected chi connectivity index (χ3v) is 4.35. The monoisotopic (exact) mass is 283 g/mol. The minimum Gasteiger partial charge on any atom is -0.367 e. The van der Waals surface area contributed by atoms with Crippen LogP contribution >= 0.6 is 0 Å². The largest absolute Gasteiger partial charge is 0.367 e. The summed E-state index contributed by atoms with van der Waals surface area (Å²) in [7, 11) is 0. The van der Waals surface area contributed by atoms with Crippen molar-refractivity contribution < 1.29 is 9.63 Å². The minimum absolute atomic E-state index is 0.0559. The molecule has 0 bridgehead atoms. The zero-order valence-corrected chi connectivity index (χ0v) is 14.1. The molecule has 0 amide bonds. The zero-order chi connectivity index (χ0) is 15.2. The van der Waals surface area contributed by atoms with E-state index < -0.39 is 0 Å². The summed E-state index contributed by atoms with van der Waals surface area (Å²) in [5, 5.41) is 1.96. The van der Waals surface area contributed by atoms with Gasteiger partial charge in [0.05, 0.1) is 11.1 Å². The van der Waals surface area contributed by atoms with Crippen LogP contribution in [0.4, 0.5) is 0 Å². The lowest BCUT2D eigenvalue weighted by Gasteiger charge is -2.50. The number of unbranched alkanes of at least 4 members (excludes halogenated alkanes) is 4. The molecule has 0 unspecified atom stereocenters. The van der Waals surface area contributed by atoms with E-state index >= 15 is 0 Å². The molecule has 3 heteroatoms. The Morgan fingerprint density at radius 2 is 1.55 bits per heavy atom. The Hall–Kier alpha value is -0.570. The van der Waals surface area contributed by atoms with Gasteiger partial charge >= 0.3 is 5.97 Å². The van der Waals surface area contributed by atoms with Gasteiger partial charge in [-0.15, -0.1) is 5.06 Å². The van der Waals surface area contributed by atoms with Gasteiger partial charge in [-0.3, -0.25) is 4.79 Å². The Labute approximate surface area is 125 Å². The lowest BCUT2D eigenvalue weighted by molar-refractivity contribution is -0.265. The van der Waals surface area contributed by atoms with Crippen LogP contribution < -0.4 is 0 Å². The van der Waals surface area contributed by atoms with Crippen LogP contribution in [0.1, 0.15) is 92.4 Å². The molecule has 1 aliphatic heterocycles. The molecule has 1 heterocycles. The van der Waals surface area contributed by atoms with E-state index in [9.17, 15) is 4.79 Å². The molecule has 118 valence electrons. The SMILES string of the molecule is CCCCCCCC(=O)ON1C(C)(C)CCCC1(C)C. The number of rotatable bonds is 7. The number of hydrogen-bond acceptors (Lipinski definition) is 3. The molecule has 0 aromatic heterocycles. The molecule has 0 N–H and O–H groups in total. The smallest absolute Gasteiger partial charge is 0.325 e. The topological polar surface area (TPSA) is 29.5 Å². The third-order valence-electron chi connectivity index (χ3n) is 4.35. The maximum Gasteiger partial charge on any atom is 0.325 e. The van der Waals surface area contributed by atoms with E-state index in [1.54, 1.807) is 0 Å². The average molecular weight is 283 g/mol. The molecule has 20 heavy (non-hydrogen) atoms. The number of carbonyl (C=O) groups is 1. The van der Waals surface area contributed by atoms with Gasteiger partial charge in [0.25, 0.3) is 0 Å². The summed E-state index contributed by atoms with van der Waals surface area (Å²) in [5.41, 5.74) is -0.112. The van der Waals surface area contributed by atoms with Gasteiger partial charge in [-0.25, -0.2) is 0 Å². The first-order valence-corrected chi connectivity index (χ1v) is 8.31. The van der Waals surface area contributed by atoms with Crippen molar-refractivity contribution >= 4 is 5.97 Å². The number of hydrogen-bond donors (Lipinski definition) is 0. The number of carbonyl (C=O) groups excluding carboxylic acids is 1. The van der Waals surface area contributed by atoms with Crippen LogP contribution in [-0.4, -0.2) is 22.1 Å². The fourth-order valence-corrected chi connectivity index (χ4v) is 3.24. The predicted molar refractivity (Wildman–Crippen MR) is 83.3 cm³/mol. The molecule has 0 aromatic rings. The third kappa shape index (κ3) is 5.08. The molecule has 1 saturated heterocycles. The Balaban J connectivity index is 2.42. The highest BCUT2D eigenvalue weighted by Crippen LogP contribution is 2.38. The molecule has 0 saturated carbocycles. The molecule has 0 aliphatic carbocycles. The van der Waals surface area contributed by atoms with Crippen molar-refractivity contribution in [2.24, 2.45) is 0 Å². The highest BCUT2D eigenvalue weighted by atomic mass is 16.7. The second-order valence-corrected chi connectivity index (χ2v) is 7.40. The summed E-state index contributed by atoms with van der Waals surface area (Å²) < 4.78 is 0. The molecule has 1 fully saturated rings. The van der Waals surface area contributed by atoms with Gasteiger partial charge < -0.3 is 4.84 Å². The van der Waals surface area contributed by atoms with Gasteiger partial charge in [0.1, 0.15) is 0 Å². The maximum absolute atomic E-state index is 12.1. The molecule has 1 aliphatic rings. The van der Waals surface area contributed by atoms with E-state index in [0.29, 0.717) is 6.42 Å². The van der Waals surface area contributed by atoms with Crippen LogP contribution in [0.2, 0.25) is 0 Å². The molecule has 3 nitrogen and oxygen atoms in total. The second-order valence-electron chi connectivity index (χ2n) is 7.40. The molecular formula is C17H33NO2. The normalized spacial score (nSPS) is 21.6. The van der Waals surface area contributed by atoms with Crippen LogP contribution in [0.25, 0.3) is 0 Å². The zero-order valence-electron chi connectivity index (χ0n) is 14.1. The summed E-state index contributed by atoms with van der Waals surface area (Å²) in [5.74, 6) is -0.0652. The van der Waals surface area contributed by atoms with Gasteiger partial charge in [-0.2, -0.15) is 0 Å². The van der Waals surface area contributed by atoms with Gasteiger partial charge in [0.15, 0.2) is 0 Å². The highest BCUT2D eigenvalue weighted by molar-refractivity contribution is 5.69. The number of piperidine rings is 1. The first-order valence-electron chi connectivity index (χ1n) is 8.31. The Morgan fingerprint density at radius 3 is 2.10 bits per heavy atom. The molecular weight excluding hydrogens is 250 g/mol. The molecule has 0 spiro atoms. The fraction of sp³-hybridized carbons (Fsp3) is 0.941. The lowest BCUT2D eigenvalue weighted by atomic mass is 9.82. The quantitative estimate of drug-likeness (QED) is 0.626. The van der Waals surface area contributed by atoms with Gasteiger partial charge in [-0.05, 0) is 53.4 Å². The van der Waals surface area contributed by atoms with Gasteiger partial charge in [-0.1, -0.05) is 32.6 Å². The van der Waals surface area contributed by atoms with E-state index in [0.717, 1.165) is 25.7 Å². The van der Waals surface area contributed by atoms with E-state index in [1.165, 1.54) is 25.7 Å². The minimum atomic E-state index is -0.0652. The molecule has 0 aromatic carbocycles. The summed E-state index contributed by atoms with van der Waals surface area (Å²) in [4.78, 5) is 17.8. The summed E-state index contributed by atoms with van der Waals surface area (Å²) in [6, 6.07) is 0. The number of nitrogens with zero attached hydrogens (tertiary/aromatic N) is 1. The Bertz CT molecular complexity index is 294.